The summed E-state index contributed by atoms with van der Waals surface area (Å²) >= 11 is 0. The monoisotopic (exact) mass is 387 g/mol. The molecule has 0 amide bonds. The maximum absolute atomic E-state index is 9.29. The van der Waals surface area contributed by atoms with Gasteiger partial charge in [-0.15, -0.1) is 0 Å². The van der Waals surface area contributed by atoms with Crippen LogP contribution in [0.25, 0.3) is 22.4 Å². The molecule has 1 unspecified atom stereocenters. The number of hydrogen-bond acceptors (Lipinski definition) is 6. The van der Waals surface area contributed by atoms with Gasteiger partial charge in [-0.3, -0.25) is 0 Å². The van der Waals surface area contributed by atoms with E-state index in [2.05, 4.69) is 23.3 Å². The lowest BCUT2D eigenvalue weighted by molar-refractivity contribution is 0.271. The van der Waals surface area contributed by atoms with Gasteiger partial charge in [0.05, 0.1) is 0 Å². The minimum atomic E-state index is 0.172. The molecule has 0 spiro atoms. The summed E-state index contributed by atoms with van der Waals surface area (Å²) in [6.45, 7) is 4.34. The Hall–Kier alpha value is -3.72. The molecule has 6 heteroatoms. The maximum Gasteiger partial charge on any atom is 0.266 e. The van der Waals surface area contributed by atoms with Crippen molar-refractivity contribution in [3.05, 3.63) is 66.1 Å². The number of benzene rings is 2. The van der Waals surface area contributed by atoms with Crippen molar-refractivity contribution in [1.82, 2.24) is 4.98 Å². The van der Waals surface area contributed by atoms with Gasteiger partial charge in [-0.2, -0.15) is 10.2 Å². The Bertz CT molecular complexity index is 1170. The number of ether oxygens (including phenoxy) is 1. The Labute approximate surface area is 168 Å². The zero-order chi connectivity index (χ0) is 20.2. The van der Waals surface area contributed by atoms with Crippen LogP contribution in [-0.4, -0.2) is 11.0 Å². The number of aromatic nitrogens is 1. The number of anilines is 1. The van der Waals surface area contributed by atoms with Gasteiger partial charge in [0, 0.05) is 6.04 Å². The molecule has 0 aliphatic carbocycles. The van der Waals surface area contributed by atoms with Gasteiger partial charge in [0.15, 0.2) is 5.76 Å². The number of hydrogen-bond donors (Lipinski definition) is 1. The molecule has 2 heterocycles. The highest BCUT2D eigenvalue weighted by molar-refractivity contribution is 5.83. The molecule has 0 fully saturated rings. The highest BCUT2D eigenvalue weighted by Gasteiger charge is 2.18. The topological polar surface area (TPSA) is 84.2 Å². The summed E-state index contributed by atoms with van der Waals surface area (Å²) in [5, 5.41) is 14.7. The summed E-state index contributed by atoms with van der Waals surface area (Å²) in [5.41, 5.74) is 0.214. The van der Waals surface area contributed by atoms with E-state index in [9.17, 15) is 5.26 Å². The second-order valence-corrected chi connectivity index (χ2v) is 6.83. The van der Waals surface area contributed by atoms with Crippen LogP contribution in [0.1, 0.15) is 31.7 Å². The molecule has 146 valence electrons. The molecule has 0 saturated heterocycles. The predicted octanol–water partition coefficient (Wildman–Crippen LogP) is 5.75. The van der Waals surface area contributed by atoms with Gasteiger partial charge in [-0.05, 0) is 48.4 Å². The van der Waals surface area contributed by atoms with Crippen molar-refractivity contribution in [3.8, 4) is 23.5 Å². The summed E-state index contributed by atoms with van der Waals surface area (Å²) in [6, 6.07) is 19.9. The second-order valence-electron chi connectivity index (χ2n) is 6.83. The van der Waals surface area contributed by atoms with E-state index >= 15 is 0 Å². The Morgan fingerprint density at radius 1 is 1.10 bits per heavy atom. The van der Waals surface area contributed by atoms with E-state index in [0.29, 0.717) is 17.4 Å². The summed E-state index contributed by atoms with van der Waals surface area (Å²) in [5.74, 6) is 2.49. The molecule has 4 aromatic rings. The zero-order valence-electron chi connectivity index (χ0n) is 16.3. The van der Waals surface area contributed by atoms with Crippen molar-refractivity contribution in [1.29, 1.82) is 5.26 Å². The lowest BCUT2D eigenvalue weighted by Gasteiger charge is -2.08. The fourth-order valence-electron chi connectivity index (χ4n) is 2.91. The number of nitriles is 1. The van der Waals surface area contributed by atoms with Crippen LogP contribution in [0.4, 0.5) is 5.88 Å². The number of furan rings is 1. The molecule has 1 N–H and O–H groups in total. The third-order valence-corrected chi connectivity index (χ3v) is 4.70. The number of fused-ring (bicyclic) bond motifs is 1. The molecule has 0 bridgehead atoms. The van der Waals surface area contributed by atoms with Gasteiger partial charge in [-0.25, -0.2) is 0 Å². The largest absolute Gasteiger partial charge is 0.486 e. The van der Waals surface area contributed by atoms with Gasteiger partial charge in [0.2, 0.25) is 11.6 Å². The minimum absolute atomic E-state index is 0.172. The van der Waals surface area contributed by atoms with Crippen molar-refractivity contribution < 1.29 is 13.6 Å². The third kappa shape index (κ3) is 4.09. The smallest absolute Gasteiger partial charge is 0.266 e. The first-order valence-corrected chi connectivity index (χ1v) is 9.54. The molecule has 29 heavy (non-hydrogen) atoms. The first-order valence-electron chi connectivity index (χ1n) is 9.54. The third-order valence-electron chi connectivity index (χ3n) is 4.70. The lowest BCUT2D eigenvalue weighted by atomic mass is 10.1. The van der Waals surface area contributed by atoms with Crippen molar-refractivity contribution >= 4 is 16.7 Å². The van der Waals surface area contributed by atoms with Gasteiger partial charge < -0.3 is 18.9 Å². The highest BCUT2D eigenvalue weighted by Crippen LogP contribution is 2.28. The number of nitrogens with one attached hydrogen (secondary N) is 1. The Morgan fingerprint density at radius 2 is 1.93 bits per heavy atom. The van der Waals surface area contributed by atoms with Gasteiger partial charge >= 0.3 is 0 Å². The zero-order valence-corrected chi connectivity index (χ0v) is 16.3. The van der Waals surface area contributed by atoms with Crippen molar-refractivity contribution in [2.24, 2.45) is 0 Å². The molecule has 0 saturated carbocycles. The average Bonchev–Trinajstić information content (AvgIpc) is 3.38. The normalized spacial score (nSPS) is 11.9. The fourth-order valence-corrected chi connectivity index (χ4v) is 2.91. The summed E-state index contributed by atoms with van der Waals surface area (Å²) in [4.78, 5) is 4.23. The van der Waals surface area contributed by atoms with Crippen LogP contribution >= 0.6 is 0 Å². The highest BCUT2D eigenvalue weighted by atomic mass is 16.5. The Morgan fingerprint density at radius 3 is 2.72 bits per heavy atom. The first-order chi connectivity index (χ1) is 14.2. The molecule has 2 aromatic carbocycles. The van der Waals surface area contributed by atoms with E-state index < -0.39 is 0 Å². The van der Waals surface area contributed by atoms with E-state index in [-0.39, 0.29) is 24.2 Å². The van der Waals surface area contributed by atoms with Crippen molar-refractivity contribution in [3.63, 3.8) is 0 Å². The number of nitrogens with zero attached hydrogens (tertiary/aromatic N) is 2. The maximum atomic E-state index is 9.29. The summed E-state index contributed by atoms with van der Waals surface area (Å²) in [7, 11) is 0. The molecular formula is C23H21N3O3. The quantitative estimate of drug-likeness (QED) is 0.435. The van der Waals surface area contributed by atoms with E-state index in [1.165, 1.54) is 5.39 Å². The van der Waals surface area contributed by atoms with E-state index in [4.69, 9.17) is 13.6 Å². The standard InChI is InChI=1S/C23H21N3O3/c1-3-15(2)25-22-20(13-24)26-23(29-22)21-11-10-19(28-21)14-27-18-9-8-16-6-4-5-7-17(16)12-18/h4-12,15,25H,3,14H2,1-2H3. The van der Waals surface area contributed by atoms with Crippen LogP contribution in [0.5, 0.6) is 5.75 Å². The summed E-state index contributed by atoms with van der Waals surface area (Å²) in [6.07, 6.45) is 0.901. The van der Waals surface area contributed by atoms with Crippen molar-refractivity contribution in [2.45, 2.75) is 32.9 Å². The molecule has 2 aromatic heterocycles. The van der Waals surface area contributed by atoms with Crippen LogP contribution in [0.2, 0.25) is 0 Å². The van der Waals surface area contributed by atoms with E-state index in [1.54, 1.807) is 6.07 Å². The van der Waals surface area contributed by atoms with Crippen LogP contribution < -0.4 is 10.1 Å². The number of oxazole rings is 1. The summed E-state index contributed by atoms with van der Waals surface area (Å²) < 4.78 is 17.4. The van der Waals surface area contributed by atoms with Crippen LogP contribution in [-0.2, 0) is 6.61 Å². The predicted molar refractivity (Wildman–Crippen MR) is 111 cm³/mol. The first kappa shape index (κ1) is 18.6. The van der Waals surface area contributed by atoms with Gasteiger partial charge in [-0.1, -0.05) is 37.3 Å². The van der Waals surface area contributed by atoms with Crippen LogP contribution in [0, 0.1) is 11.3 Å². The Kier molecular flexibility index (Phi) is 5.21. The molecule has 0 aliphatic rings. The lowest BCUT2D eigenvalue weighted by Crippen LogP contribution is -2.13. The molecule has 0 radical (unpaired) electrons. The fraction of sp³-hybridized carbons (Fsp3) is 0.217. The average molecular weight is 387 g/mol. The molecule has 4 rings (SSSR count). The molecule has 6 nitrogen and oxygen atoms in total. The molecular weight excluding hydrogens is 366 g/mol. The van der Waals surface area contributed by atoms with Crippen LogP contribution in [0.15, 0.2) is 63.4 Å². The minimum Gasteiger partial charge on any atom is -0.486 e. The van der Waals surface area contributed by atoms with E-state index in [0.717, 1.165) is 17.6 Å². The van der Waals surface area contributed by atoms with Gasteiger partial charge in [0.1, 0.15) is 24.2 Å². The second kappa shape index (κ2) is 8.11. The van der Waals surface area contributed by atoms with Crippen molar-refractivity contribution in [2.75, 3.05) is 5.32 Å². The molecule has 1 atom stereocenters. The SMILES string of the molecule is CCC(C)Nc1oc(-c2ccc(COc3ccc4ccccc4c3)o2)nc1C#N. The van der Waals surface area contributed by atoms with E-state index in [1.807, 2.05) is 55.5 Å². The number of rotatable bonds is 7. The van der Waals surface area contributed by atoms with Gasteiger partial charge in [0.25, 0.3) is 5.89 Å². The molecule has 0 aliphatic heterocycles. The Balaban J connectivity index is 1.47. The van der Waals surface area contributed by atoms with Crippen LogP contribution in [0.3, 0.4) is 0 Å².